The summed E-state index contributed by atoms with van der Waals surface area (Å²) in [4.78, 5) is 14.2. The number of alkyl halides is 3. The monoisotopic (exact) mass is 316 g/mol. The predicted octanol–water partition coefficient (Wildman–Crippen LogP) is 3.63. The third-order valence-electron chi connectivity index (χ3n) is 2.66. The van der Waals surface area contributed by atoms with Crippen molar-refractivity contribution in [2.24, 2.45) is 0 Å². The third-order valence-corrected chi connectivity index (χ3v) is 3.63. The number of fused-ring (bicyclic) bond motifs is 1. The zero-order chi connectivity index (χ0) is 15.2. The second kappa shape index (κ2) is 4.52. The molecule has 0 N–H and O–H groups in total. The maximum absolute atomic E-state index is 12.5. The van der Waals surface area contributed by atoms with Gasteiger partial charge in [0, 0.05) is 19.1 Å². The second-order valence-corrected chi connectivity index (χ2v) is 5.02. The molecular weight excluding hydrogens is 309 g/mol. The molecule has 0 bridgehead atoms. The van der Waals surface area contributed by atoms with Gasteiger partial charge in [0.05, 0.1) is 16.8 Å². The first-order valence-electron chi connectivity index (χ1n) is 5.53. The van der Waals surface area contributed by atoms with E-state index in [9.17, 15) is 23.3 Å². The van der Waals surface area contributed by atoms with E-state index in [0.29, 0.717) is 22.6 Å². The molecule has 0 amide bonds. The number of nitro groups is 1. The highest BCUT2D eigenvalue weighted by atomic mass is 32.1. The van der Waals surface area contributed by atoms with Crippen molar-refractivity contribution in [3.8, 4) is 11.3 Å². The fourth-order valence-electron chi connectivity index (χ4n) is 1.71. The molecule has 0 atom stereocenters. The summed E-state index contributed by atoms with van der Waals surface area (Å²) in [6.07, 6.45) is -3.15. The van der Waals surface area contributed by atoms with Crippen LogP contribution in [0.4, 0.5) is 18.9 Å². The van der Waals surface area contributed by atoms with Crippen LogP contribution in [-0.4, -0.2) is 19.5 Å². The van der Waals surface area contributed by atoms with Gasteiger partial charge in [-0.15, -0.1) is 5.10 Å². The molecule has 2 heterocycles. The van der Waals surface area contributed by atoms with Gasteiger partial charge in [-0.2, -0.15) is 13.2 Å². The maximum Gasteiger partial charge on any atom is 0.445 e. The molecular formula is C11H7F3N4O2S. The molecule has 0 radical (unpaired) electrons. The van der Waals surface area contributed by atoms with Crippen LogP contribution in [0.5, 0.6) is 0 Å². The molecule has 2 aromatic heterocycles. The van der Waals surface area contributed by atoms with Crippen LogP contribution >= 0.6 is 11.3 Å². The van der Waals surface area contributed by atoms with Crippen molar-refractivity contribution in [1.82, 2.24) is 14.6 Å². The van der Waals surface area contributed by atoms with Gasteiger partial charge in [0.25, 0.3) is 5.69 Å². The number of rotatable bonds is 2. The van der Waals surface area contributed by atoms with Gasteiger partial charge in [-0.1, -0.05) is 11.3 Å². The number of nitrogens with zero attached hydrogens (tertiary/aromatic N) is 4. The third kappa shape index (κ3) is 2.44. The highest BCUT2D eigenvalue weighted by molar-refractivity contribution is 7.16. The number of halogens is 3. The normalized spacial score (nSPS) is 12.0. The number of non-ortho nitro benzene ring substituents is 1. The first-order chi connectivity index (χ1) is 9.84. The SMILES string of the molecule is O=[N+]([O-])c1ccc(-c2cn3nc(C(F)(F)F)sc3n2)cc1.[HH]. The van der Waals surface area contributed by atoms with E-state index in [1.54, 1.807) is 0 Å². The van der Waals surface area contributed by atoms with Gasteiger partial charge in [0.1, 0.15) is 0 Å². The second-order valence-electron chi connectivity index (χ2n) is 4.06. The minimum atomic E-state index is -4.50. The van der Waals surface area contributed by atoms with Crippen molar-refractivity contribution < 1.29 is 19.5 Å². The zero-order valence-electron chi connectivity index (χ0n) is 10.0. The molecule has 0 saturated heterocycles. The molecule has 0 saturated carbocycles. The molecule has 3 aromatic rings. The number of aromatic nitrogens is 3. The van der Waals surface area contributed by atoms with Gasteiger partial charge in [0.2, 0.25) is 9.97 Å². The zero-order valence-corrected chi connectivity index (χ0v) is 10.9. The molecule has 0 spiro atoms. The van der Waals surface area contributed by atoms with Crippen molar-refractivity contribution in [1.29, 1.82) is 0 Å². The van der Waals surface area contributed by atoms with Gasteiger partial charge < -0.3 is 0 Å². The average molecular weight is 316 g/mol. The summed E-state index contributed by atoms with van der Waals surface area (Å²) in [5.41, 5.74) is 0.890. The summed E-state index contributed by atoms with van der Waals surface area (Å²) >= 11 is 0.435. The van der Waals surface area contributed by atoms with Crippen LogP contribution in [0.3, 0.4) is 0 Å². The van der Waals surface area contributed by atoms with Crippen LogP contribution < -0.4 is 0 Å². The highest BCUT2D eigenvalue weighted by Crippen LogP contribution is 2.33. The topological polar surface area (TPSA) is 73.3 Å². The number of hydrogen-bond acceptors (Lipinski definition) is 5. The lowest BCUT2D eigenvalue weighted by Crippen LogP contribution is -2.04. The van der Waals surface area contributed by atoms with Crippen molar-refractivity contribution in [2.45, 2.75) is 6.18 Å². The number of nitro benzene ring substituents is 1. The molecule has 0 aliphatic rings. The Bertz CT molecular complexity index is 797. The van der Waals surface area contributed by atoms with Crippen molar-refractivity contribution in [3.63, 3.8) is 0 Å². The summed E-state index contributed by atoms with van der Waals surface area (Å²) in [7, 11) is 0. The van der Waals surface area contributed by atoms with E-state index in [1.807, 2.05) is 0 Å². The Kier molecular flexibility index (Phi) is 2.90. The van der Waals surface area contributed by atoms with E-state index in [-0.39, 0.29) is 12.1 Å². The van der Waals surface area contributed by atoms with E-state index in [2.05, 4.69) is 10.1 Å². The van der Waals surface area contributed by atoms with Gasteiger partial charge in [-0.25, -0.2) is 9.50 Å². The highest BCUT2D eigenvalue weighted by Gasteiger charge is 2.35. The molecule has 0 aliphatic heterocycles. The van der Waals surface area contributed by atoms with Crippen molar-refractivity contribution in [3.05, 3.63) is 45.6 Å². The van der Waals surface area contributed by atoms with Crippen LogP contribution in [0.25, 0.3) is 16.2 Å². The molecule has 21 heavy (non-hydrogen) atoms. The Morgan fingerprint density at radius 2 is 1.95 bits per heavy atom. The van der Waals surface area contributed by atoms with Gasteiger partial charge in [-0.3, -0.25) is 10.1 Å². The van der Waals surface area contributed by atoms with E-state index in [1.165, 1.54) is 30.5 Å². The van der Waals surface area contributed by atoms with Crippen LogP contribution in [0.1, 0.15) is 6.43 Å². The smallest absolute Gasteiger partial charge is 0.258 e. The first kappa shape index (κ1) is 13.5. The predicted molar refractivity (Wildman–Crippen MR) is 70.1 cm³/mol. The standard InChI is InChI=1S/C11H5F3N4O2S.H2/c12-11(13,14)9-16-17-5-8(15-10(17)21-9)6-1-3-7(4-2-6)18(19)20;/h1-5H;1H. The minimum Gasteiger partial charge on any atom is -0.258 e. The molecule has 0 fully saturated rings. The van der Waals surface area contributed by atoms with E-state index in [0.717, 1.165) is 4.52 Å². The molecule has 110 valence electrons. The number of benzene rings is 1. The Morgan fingerprint density at radius 3 is 2.48 bits per heavy atom. The molecule has 1 aromatic carbocycles. The lowest BCUT2D eigenvalue weighted by Gasteiger charge is -1.98. The Balaban J connectivity index is 0.00000176. The molecule has 3 rings (SSSR count). The minimum absolute atomic E-state index is 0. The Hall–Kier alpha value is -2.49. The molecule has 0 unspecified atom stereocenters. The van der Waals surface area contributed by atoms with Gasteiger partial charge in [-0.05, 0) is 12.1 Å². The van der Waals surface area contributed by atoms with Crippen LogP contribution in [0.2, 0.25) is 0 Å². The Labute approximate surface area is 120 Å². The summed E-state index contributed by atoms with van der Waals surface area (Å²) in [6, 6.07) is 5.57. The summed E-state index contributed by atoms with van der Waals surface area (Å²) in [5.74, 6) is 0. The van der Waals surface area contributed by atoms with Gasteiger partial charge >= 0.3 is 6.18 Å². The molecule has 10 heteroatoms. The molecule has 0 aliphatic carbocycles. The van der Waals surface area contributed by atoms with Crippen LogP contribution in [0, 0.1) is 10.1 Å². The average Bonchev–Trinajstić information content (AvgIpc) is 2.96. The van der Waals surface area contributed by atoms with E-state index >= 15 is 0 Å². The lowest BCUT2D eigenvalue weighted by molar-refractivity contribution is -0.384. The van der Waals surface area contributed by atoms with E-state index in [4.69, 9.17) is 0 Å². The molecule has 6 nitrogen and oxygen atoms in total. The van der Waals surface area contributed by atoms with Crippen molar-refractivity contribution >= 4 is 22.0 Å². The lowest BCUT2D eigenvalue weighted by atomic mass is 10.1. The largest absolute Gasteiger partial charge is 0.445 e. The van der Waals surface area contributed by atoms with E-state index < -0.39 is 16.1 Å². The van der Waals surface area contributed by atoms with Crippen LogP contribution in [0.15, 0.2) is 30.5 Å². The maximum atomic E-state index is 12.5. The van der Waals surface area contributed by atoms with Crippen molar-refractivity contribution in [2.75, 3.05) is 0 Å². The Morgan fingerprint density at radius 1 is 1.29 bits per heavy atom. The number of imidazole rings is 1. The fourth-order valence-corrected chi connectivity index (χ4v) is 2.46. The summed E-state index contributed by atoms with van der Waals surface area (Å²) < 4.78 is 38.5. The summed E-state index contributed by atoms with van der Waals surface area (Å²) in [5, 5.41) is 13.0. The van der Waals surface area contributed by atoms with Gasteiger partial charge in [0.15, 0.2) is 0 Å². The summed E-state index contributed by atoms with van der Waals surface area (Å²) in [6.45, 7) is 0. The fraction of sp³-hybridized carbons (Fsp3) is 0.0909. The first-order valence-corrected chi connectivity index (χ1v) is 6.34. The quantitative estimate of drug-likeness (QED) is 0.534. The number of hydrogen-bond donors (Lipinski definition) is 0. The van der Waals surface area contributed by atoms with Crippen LogP contribution in [-0.2, 0) is 6.18 Å².